The predicted octanol–water partition coefficient (Wildman–Crippen LogP) is 3.17. The van der Waals surface area contributed by atoms with Gasteiger partial charge >= 0.3 is 0 Å². The van der Waals surface area contributed by atoms with E-state index in [-0.39, 0.29) is 5.57 Å². The van der Waals surface area contributed by atoms with Gasteiger partial charge in [0.05, 0.1) is 0 Å². The third-order valence-electron chi connectivity index (χ3n) is 2.88. The first kappa shape index (κ1) is 14.4. The fourth-order valence-corrected chi connectivity index (χ4v) is 1.79. The summed E-state index contributed by atoms with van der Waals surface area (Å²) in [5.74, 6) is -0.425. The summed E-state index contributed by atoms with van der Waals surface area (Å²) in [5, 5.41) is 11.9. The number of hydrogen-bond acceptors (Lipinski definition) is 3. The summed E-state index contributed by atoms with van der Waals surface area (Å²) >= 11 is 0. The second-order valence-corrected chi connectivity index (χ2v) is 4.42. The number of rotatable bonds is 4. The number of hydrogen-bond donors (Lipinski definition) is 1. The summed E-state index contributed by atoms with van der Waals surface area (Å²) in [6, 6.07) is 20.5. The van der Waals surface area contributed by atoms with Crippen LogP contribution in [-0.2, 0) is 4.79 Å². The average molecular weight is 277 g/mol. The van der Waals surface area contributed by atoms with Crippen LogP contribution in [0.5, 0.6) is 0 Å². The number of nitriles is 1. The van der Waals surface area contributed by atoms with Gasteiger partial charge in [-0.2, -0.15) is 5.26 Å². The second-order valence-electron chi connectivity index (χ2n) is 4.42. The third-order valence-corrected chi connectivity index (χ3v) is 2.88. The summed E-state index contributed by atoms with van der Waals surface area (Å²) < 4.78 is 0. The van der Waals surface area contributed by atoms with Crippen molar-refractivity contribution in [2.45, 2.75) is 0 Å². The molecule has 0 saturated carbocycles. The van der Waals surface area contributed by atoms with Crippen molar-refractivity contribution in [3.8, 4) is 6.07 Å². The first-order valence-electron chi connectivity index (χ1n) is 6.47. The standard InChI is InChI=1S/C17H15N3O/c1-20(16-10-6-3-7-11-16)13-14(12-18)17(21)19-15-8-4-2-5-9-15/h2-11,13H,1H3,(H,19,21)/b14-13+. The molecule has 0 aromatic heterocycles. The fraction of sp³-hybridized carbons (Fsp3) is 0.0588. The van der Waals surface area contributed by atoms with E-state index in [2.05, 4.69) is 5.32 Å². The molecule has 0 saturated heterocycles. The van der Waals surface area contributed by atoms with Gasteiger partial charge in [-0.05, 0) is 24.3 Å². The molecule has 2 aromatic rings. The average Bonchev–Trinajstić information content (AvgIpc) is 2.54. The van der Waals surface area contributed by atoms with Gasteiger partial charge in [-0.25, -0.2) is 0 Å². The number of benzene rings is 2. The molecule has 0 radical (unpaired) electrons. The van der Waals surface area contributed by atoms with Crippen molar-refractivity contribution in [1.82, 2.24) is 0 Å². The predicted molar refractivity (Wildman–Crippen MR) is 83.6 cm³/mol. The molecule has 104 valence electrons. The highest BCUT2D eigenvalue weighted by atomic mass is 16.1. The lowest BCUT2D eigenvalue weighted by Crippen LogP contribution is -2.17. The van der Waals surface area contributed by atoms with Crippen molar-refractivity contribution in [1.29, 1.82) is 5.26 Å². The van der Waals surface area contributed by atoms with Crippen molar-refractivity contribution in [3.63, 3.8) is 0 Å². The van der Waals surface area contributed by atoms with E-state index in [0.717, 1.165) is 5.69 Å². The molecule has 0 spiro atoms. The van der Waals surface area contributed by atoms with E-state index in [0.29, 0.717) is 5.69 Å². The topological polar surface area (TPSA) is 56.1 Å². The Bertz CT molecular complexity index is 672. The molecule has 2 aromatic carbocycles. The maximum absolute atomic E-state index is 12.1. The Morgan fingerprint density at radius 1 is 1.10 bits per heavy atom. The van der Waals surface area contributed by atoms with Crippen molar-refractivity contribution < 1.29 is 4.79 Å². The van der Waals surface area contributed by atoms with Gasteiger partial charge in [0.15, 0.2) is 0 Å². The van der Waals surface area contributed by atoms with Gasteiger partial charge in [0.25, 0.3) is 5.91 Å². The molecule has 0 bridgehead atoms. The molecule has 0 heterocycles. The Morgan fingerprint density at radius 2 is 1.67 bits per heavy atom. The fourth-order valence-electron chi connectivity index (χ4n) is 1.79. The van der Waals surface area contributed by atoms with Crippen LogP contribution in [0.3, 0.4) is 0 Å². The Morgan fingerprint density at radius 3 is 2.24 bits per heavy atom. The van der Waals surface area contributed by atoms with Crippen LogP contribution in [0.15, 0.2) is 72.4 Å². The Labute approximate surface area is 123 Å². The van der Waals surface area contributed by atoms with Gasteiger partial charge in [-0.3, -0.25) is 4.79 Å². The molecule has 0 atom stereocenters. The molecule has 1 amide bonds. The van der Waals surface area contributed by atoms with Crippen LogP contribution in [0, 0.1) is 11.3 Å². The van der Waals surface area contributed by atoms with Gasteiger partial charge in [0.1, 0.15) is 11.6 Å². The molecule has 0 aliphatic heterocycles. The molecule has 21 heavy (non-hydrogen) atoms. The number of carbonyl (C=O) groups is 1. The molecule has 0 unspecified atom stereocenters. The van der Waals surface area contributed by atoms with Crippen LogP contribution in [0.1, 0.15) is 0 Å². The van der Waals surface area contributed by atoms with E-state index in [9.17, 15) is 4.79 Å². The SMILES string of the molecule is CN(/C=C(\C#N)C(=O)Nc1ccccc1)c1ccccc1. The molecule has 0 fully saturated rings. The maximum Gasteiger partial charge on any atom is 0.267 e. The lowest BCUT2D eigenvalue weighted by Gasteiger charge is -2.14. The van der Waals surface area contributed by atoms with Gasteiger partial charge in [-0.15, -0.1) is 0 Å². The van der Waals surface area contributed by atoms with E-state index in [4.69, 9.17) is 5.26 Å². The number of amides is 1. The van der Waals surface area contributed by atoms with E-state index in [1.807, 2.05) is 54.6 Å². The molecule has 0 aliphatic rings. The lowest BCUT2D eigenvalue weighted by atomic mass is 10.2. The zero-order valence-corrected chi connectivity index (χ0v) is 11.7. The van der Waals surface area contributed by atoms with Crippen LogP contribution in [-0.4, -0.2) is 13.0 Å². The number of carbonyl (C=O) groups excluding carboxylic acids is 1. The highest BCUT2D eigenvalue weighted by Crippen LogP contribution is 2.13. The molecule has 4 heteroatoms. The quantitative estimate of drug-likeness (QED) is 0.690. The largest absolute Gasteiger partial charge is 0.350 e. The summed E-state index contributed by atoms with van der Waals surface area (Å²) in [6.07, 6.45) is 1.52. The van der Waals surface area contributed by atoms with Crippen molar-refractivity contribution in [2.24, 2.45) is 0 Å². The van der Waals surface area contributed by atoms with Gasteiger partial charge in [0.2, 0.25) is 0 Å². The summed E-state index contributed by atoms with van der Waals surface area (Å²) in [6.45, 7) is 0. The number of nitrogens with one attached hydrogen (secondary N) is 1. The first-order chi connectivity index (χ1) is 10.2. The monoisotopic (exact) mass is 277 g/mol. The lowest BCUT2D eigenvalue weighted by molar-refractivity contribution is -0.112. The van der Waals surface area contributed by atoms with Crippen LogP contribution in [0.2, 0.25) is 0 Å². The molecular formula is C17H15N3O. The molecule has 0 aliphatic carbocycles. The minimum atomic E-state index is -0.425. The number of para-hydroxylation sites is 2. The summed E-state index contributed by atoms with van der Waals surface area (Å²) in [5.41, 5.74) is 1.61. The van der Waals surface area contributed by atoms with Gasteiger partial charge in [-0.1, -0.05) is 36.4 Å². The minimum Gasteiger partial charge on any atom is -0.350 e. The smallest absolute Gasteiger partial charge is 0.267 e. The Hall–Kier alpha value is -3.06. The van der Waals surface area contributed by atoms with Crippen molar-refractivity contribution in [3.05, 3.63) is 72.4 Å². The Kier molecular flexibility index (Phi) is 4.73. The molecular weight excluding hydrogens is 262 g/mol. The minimum absolute atomic E-state index is 0.0465. The Balaban J connectivity index is 2.14. The van der Waals surface area contributed by atoms with Gasteiger partial charge in [0, 0.05) is 24.6 Å². The molecule has 4 nitrogen and oxygen atoms in total. The zero-order chi connectivity index (χ0) is 15.1. The van der Waals surface area contributed by atoms with E-state index in [1.54, 1.807) is 24.1 Å². The first-order valence-corrected chi connectivity index (χ1v) is 6.47. The number of nitrogens with zero attached hydrogens (tertiary/aromatic N) is 2. The summed E-state index contributed by atoms with van der Waals surface area (Å²) in [4.78, 5) is 13.8. The highest BCUT2D eigenvalue weighted by Gasteiger charge is 2.10. The van der Waals surface area contributed by atoms with E-state index < -0.39 is 5.91 Å². The highest BCUT2D eigenvalue weighted by molar-refractivity contribution is 6.06. The van der Waals surface area contributed by atoms with E-state index in [1.165, 1.54) is 6.20 Å². The molecule has 2 rings (SSSR count). The normalized spacial score (nSPS) is 10.6. The van der Waals surface area contributed by atoms with Crippen LogP contribution >= 0.6 is 0 Å². The van der Waals surface area contributed by atoms with Crippen molar-refractivity contribution in [2.75, 3.05) is 17.3 Å². The van der Waals surface area contributed by atoms with Gasteiger partial charge < -0.3 is 10.2 Å². The van der Waals surface area contributed by atoms with Crippen LogP contribution < -0.4 is 10.2 Å². The second kappa shape index (κ2) is 6.92. The van der Waals surface area contributed by atoms with Crippen LogP contribution in [0.4, 0.5) is 11.4 Å². The third kappa shape index (κ3) is 3.95. The van der Waals surface area contributed by atoms with E-state index >= 15 is 0 Å². The number of anilines is 2. The summed E-state index contributed by atoms with van der Waals surface area (Å²) in [7, 11) is 1.79. The maximum atomic E-state index is 12.1. The van der Waals surface area contributed by atoms with Crippen molar-refractivity contribution >= 4 is 17.3 Å². The molecule has 1 N–H and O–H groups in total. The van der Waals surface area contributed by atoms with Crippen LogP contribution in [0.25, 0.3) is 0 Å². The zero-order valence-electron chi connectivity index (χ0n) is 11.7.